The summed E-state index contributed by atoms with van der Waals surface area (Å²) < 4.78 is 0. The average molecular weight is 207 g/mol. The summed E-state index contributed by atoms with van der Waals surface area (Å²) >= 11 is 0. The summed E-state index contributed by atoms with van der Waals surface area (Å²) in [5.41, 5.74) is 1.12. The molecule has 1 aromatic carbocycles. The molecule has 0 bridgehead atoms. The quantitative estimate of drug-likeness (QED) is 0.423. The van der Waals surface area contributed by atoms with Crippen LogP contribution < -0.4 is 0 Å². The highest BCUT2D eigenvalue weighted by Gasteiger charge is 1.88. The molecule has 0 aliphatic heterocycles. The van der Waals surface area contributed by atoms with Crippen LogP contribution >= 0.6 is 0 Å². The summed E-state index contributed by atoms with van der Waals surface area (Å²) in [6, 6.07) is 9.93. The minimum Gasteiger partial charge on any atom is -0.396 e. The summed E-state index contributed by atoms with van der Waals surface area (Å²) in [6.07, 6.45) is 4.38. The number of oxime groups is 1. The van der Waals surface area contributed by atoms with Crippen molar-refractivity contribution in [2.75, 3.05) is 6.61 Å². The molecule has 0 aliphatic carbocycles. The number of hydrogen-bond acceptors (Lipinski definition) is 3. The third kappa shape index (κ3) is 5.86. The van der Waals surface area contributed by atoms with Gasteiger partial charge in [-0.25, -0.2) is 0 Å². The molecule has 1 aromatic rings. The number of nitrogens with zero attached hydrogens (tertiary/aromatic N) is 1. The molecule has 3 nitrogen and oxygen atoms in total. The second kappa shape index (κ2) is 8.00. The Morgan fingerprint density at radius 3 is 2.73 bits per heavy atom. The number of aliphatic hydroxyl groups excluding tert-OH is 1. The van der Waals surface area contributed by atoms with Gasteiger partial charge in [0.15, 0.2) is 0 Å². The molecule has 0 saturated carbocycles. The molecular weight excluding hydrogens is 190 g/mol. The highest BCUT2D eigenvalue weighted by molar-refractivity contribution is 5.56. The van der Waals surface area contributed by atoms with Crippen LogP contribution in [0.25, 0.3) is 0 Å². The maximum absolute atomic E-state index is 8.54. The fourth-order valence-corrected chi connectivity index (χ4v) is 1.14. The second-order valence-electron chi connectivity index (χ2n) is 3.27. The van der Waals surface area contributed by atoms with Crippen LogP contribution in [0.5, 0.6) is 0 Å². The van der Waals surface area contributed by atoms with Crippen LogP contribution in [0.1, 0.15) is 24.8 Å². The largest absolute Gasteiger partial charge is 0.396 e. The van der Waals surface area contributed by atoms with Crippen molar-refractivity contribution in [1.29, 1.82) is 0 Å². The number of aliphatic hydroxyl groups is 1. The number of rotatable bonds is 7. The highest BCUT2D eigenvalue weighted by Crippen LogP contribution is 2.00. The molecule has 0 fully saturated rings. The lowest BCUT2D eigenvalue weighted by Gasteiger charge is -1.98. The molecular formula is C12H17NO2. The van der Waals surface area contributed by atoms with E-state index < -0.39 is 0 Å². The molecule has 0 aromatic heterocycles. The van der Waals surface area contributed by atoms with Gasteiger partial charge in [0.25, 0.3) is 0 Å². The lowest BCUT2D eigenvalue weighted by atomic mass is 10.2. The van der Waals surface area contributed by atoms with E-state index in [9.17, 15) is 0 Å². The zero-order chi connectivity index (χ0) is 10.8. The molecule has 1 N–H and O–H groups in total. The zero-order valence-corrected chi connectivity index (χ0v) is 8.80. The van der Waals surface area contributed by atoms with Gasteiger partial charge in [-0.2, -0.15) is 0 Å². The monoisotopic (exact) mass is 207 g/mol. The average Bonchev–Trinajstić information content (AvgIpc) is 2.29. The molecule has 0 amide bonds. The van der Waals surface area contributed by atoms with Crippen molar-refractivity contribution in [2.24, 2.45) is 5.16 Å². The first-order chi connectivity index (χ1) is 7.43. The lowest BCUT2D eigenvalue weighted by molar-refractivity contribution is 0.131. The van der Waals surface area contributed by atoms with E-state index in [1.807, 2.05) is 30.3 Å². The summed E-state index contributed by atoms with van der Waals surface area (Å²) in [5, 5.41) is 12.4. The van der Waals surface area contributed by atoms with Gasteiger partial charge in [0.1, 0.15) is 6.61 Å². The van der Waals surface area contributed by atoms with Gasteiger partial charge in [0.2, 0.25) is 0 Å². The third-order valence-corrected chi connectivity index (χ3v) is 1.96. The molecule has 0 aliphatic rings. The van der Waals surface area contributed by atoms with Crippen molar-refractivity contribution in [2.45, 2.75) is 25.9 Å². The molecule has 0 saturated heterocycles. The van der Waals surface area contributed by atoms with Crippen LogP contribution in [-0.4, -0.2) is 17.9 Å². The van der Waals surface area contributed by atoms with E-state index in [-0.39, 0.29) is 6.61 Å². The standard InChI is InChI=1S/C12H17NO2/c14-10-6-2-5-9-13-15-11-12-7-3-1-4-8-12/h1,3-4,7-9,14H,2,5-6,10-11H2/b13-9+. The van der Waals surface area contributed by atoms with Crippen molar-refractivity contribution in [3.8, 4) is 0 Å². The Kier molecular flexibility index (Phi) is 6.25. The predicted octanol–water partition coefficient (Wildman–Crippen LogP) is 2.35. The number of benzene rings is 1. The van der Waals surface area contributed by atoms with Gasteiger partial charge in [-0.15, -0.1) is 0 Å². The summed E-state index contributed by atoms with van der Waals surface area (Å²) in [4.78, 5) is 5.11. The molecule has 82 valence electrons. The van der Waals surface area contributed by atoms with Crippen LogP contribution in [-0.2, 0) is 11.4 Å². The minimum atomic E-state index is 0.249. The topological polar surface area (TPSA) is 41.8 Å². The Bertz CT molecular complexity index is 272. The van der Waals surface area contributed by atoms with Crippen LogP contribution in [0, 0.1) is 0 Å². The first kappa shape index (κ1) is 11.7. The van der Waals surface area contributed by atoms with Crippen LogP contribution in [0.3, 0.4) is 0 Å². The lowest BCUT2D eigenvalue weighted by Crippen LogP contribution is -1.87. The Morgan fingerprint density at radius 2 is 2.00 bits per heavy atom. The first-order valence-electron chi connectivity index (χ1n) is 5.22. The van der Waals surface area contributed by atoms with E-state index >= 15 is 0 Å². The minimum absolute atomic E-state index is 0.249. The Balaban J connectivity index is 2.06. The molecule has 15 heavy (non-hydrogen) atoms. The van der Waals surface area contributed by atoms with Gasteiger partial charge in [-0.1, -0.05) is 35.5 Å². The maximum Gasteiger partial charge on any atom is 0.142 e. The van der Waals surface area contributed by atoms with E-state index in [4.69, 9.17) is 9.94 Å². The van der Waals surface area contributed by atoms with Crippen molar-refractivity contribution in [3.05, 3.63) is 35.9 Å². The van der Waals surface area contributed by atoms with Crippen LogP contribution in [0.15, 0.2) is 35.5 Å². The van der Waals surface area contributed by atoms with Gasteiger partial charge in [0.05, 0.1) is 0 Å². The van der Waals surface area contributed by atoms with E-state index in [1.54, 1.807) is 6.21 Å². The Labute approximate surface area is 90.4 Å². The zero-order valence-electron chi connectivity index (χ0n) is 8.80. The molecule has 0 spiro atoms. The molecule has 0 unspecified atom stereocenters. The first-order valence-corrected chi connectivity index (χ1v) is 5.22. The third-order valence-electron chi connectivity index (χ3n) is 1.96. The Morgan fingerprint density at radius 1 is 1.20 bits per heavy atom. The molecule has 0 radical (unpaired) electrons. The molecule has 1 rings (SSSR count). The molecule has 3 heteroatoms. The summed E-state index contributed by atoms with van der Waals surface area (Å²) in [6.45, 7) is 0.760. The van der Waals surface area contributed by atoms with E-state index in [2.05, 4.69) is 5.16 Å². The normalized spacial score (nSPS) is 10.7. The summed E-state index contributed by atoms with van der Waals surface area (Å²) in [5.74, 6) is 0. The maximum atomic E-state index is 8.54. The number of hydrogen-bond donors (Lipinski definition) is 1. The van der Waals surface area contributed by atoms with Gasteiger partial charge in [0, 0.05) is 12.8 Å². The van der Waals surface area contributed by atoms with E-state index in [0.29, 0.717) is 6.61 Å². The fourth-order valence-electron chi connectivity index (χ4n) is 1.14. The van der Waals surface area contributed by atoms with Crippen molar-refractivity contribution < 1.29 is 9.94 Å². The SMILES string of the molecule is OCCCC/C=N/OCc1ccccc1. The van der Waals surface area contributed by atoms with Gasteiger partial charge < -0.3 is 9.94 Å². The Hall–Kier alpha value is -1.35. The van der Waals surface area contributed by atoms with Crippen molar-refractivity contribution >= 4 is 6.21 Å². The second-order valence-corrected chi connectivity index (χ2v) is 3.27. The van der Waals surface area contributed by atoms with E-state index in [1.165, 1.54) is 0 Å². The summed E-state index contributed by atoms with van der Waals surface area (Å²) in [7, 11) is 0. The van der Waals surface area contributed by atoms with Gasteiger partial charge >= 0.3 is 0 Å². The predicted molar refractivity (Wildman–Crippen MR) is 60.7 cm³/mol. The molecule has 0 atom stereocenters. The van der Waals surface area contributed by atoms with Crippen LogP contribution in [0.2, 0.25) is 0 Å². The van der Waals surface area contributed by atoms with Crippen molar-refractivity contribution in [1.82, 2.24) is 0 Å². The highest BCUT2D eigenvalue weighted by atomic mass is 16.6. The van der Waals surface area contributed by atoms with Crippen LogP contribution in [0.4, 0.5) is 0 Å². The fraction of sp³-hybridized carbons (Fsp3) is 0.417. The molecule has 0 heterocycles. The number of unbranched alkanes of at least 4 members (excludes halogenated alkanes) is 2. The van der Waals surface area contributed by atoms with Crippen molar-refractivity contribution in [3.63, 3.8) is 0 Å². The van der Waals surface area contributed by atoms with Gasteiger partial charge in [-0.3, -0.25) is 0 Å². The van der Waals surface area contributed by atoms with Gasteiger partial charge in [-0.05, 0) is 24.8 Å². The smallest absolute Gasteiger partial charge is 0.142 e. The van der Waals surface area contributed by atoms with E-state index in [0.717, 1.165) is 24.8 Å².